The van der Waals surface area contributed by atoms with E-state index < -0.39 is 5.97 Å². The predicted molar refractivity (Wildman–Crippen MR) is 66.8 cm³/mol. The van der Waals surface area contributed by atoms with Crippen molar-refractivity contribution in [2.75, 3.05) is 5.73 Å². The highest BCUT2D eigenvalue weighted by Crippen LogP contribution is 2.24. The summed E-state index contributed by atoms with van der Waals surface area (Å²) in [6, 6.07) is 7.51. The van der Waals surface area contributed by atoms with E-state index in [9.17, 15) is 9.59 Å². The van der Waals surface area contributed by atoms with E-state index in [-0.39, 0.29) is 16.9 Å². The van der Waals surface area contributed by atoms with Gasteiger partial charge in [0.15, 0.2) is 5.16 Å². The zero-order valence-electron chi connectivity index (χ0n) is 9.08. The Balaban J connectivity index is 2.31. The predicted octanol–water partition coefficient (Wildman–Crippen LogP) is 1.20. The highest BCUT2D eigenvalue weighted by Gasteiger charge is 2.06. The van der Waals surface area contributed by atoms with Crippen molar-refractivity contribution in [2.45, 2.75) is 10.1 Å². The van der Waals surface area contributed by atoms with Crippen molar-refractivity contribution in [3.63, 3.8) is 0 Å². The molecule has 0 radical (unpaired) electrons. The lowest BCUT2D eigenvalue weighted by molar-refractivity contribution is 0.0696. The van der Waals surface area contributed by atoms with Crippen LogP contribution in [-0.2, 0) is 0 Å². The second-order valence-electron chi connectivity index (χ2n) is 3.41. The third-order valence-electron chi connectivity index (χ3n) is 2.04. The molecule has 6 nitrogen and oxygen atoms in total. The summed E-state index contributed by atoms with van der Waals surface area (Å²) in [5.41, 5.74) is 5.28. The minimum Gasteiger partial charge on any atom is -0.478 e. The van der Waals surface area contributed by atoms with Crippen LogP contribution in [0, 0.1) is 0 Å². The number of hydrogen-bond acceptors (Lipinski definition) is 5. The Bertz CT molecular complexity index is 654. The first-order chi connectivity index (χ1) is 8.54. The molecule has 0 amide bonds. The minimum atomic E-state index is -1.01. The molecule has 0 aliphatic rings. The van der Waals surface area contributed by atoms with Gasteiger partial charge in [0, 0.05) is 11.0 Å². The fraction of sp³-hybridized carbons (Fsp3) is 0. The highest BCUT2D eigenvalue weighted by molar-refractivity contribution is 7.99. The highest BCUT2D eigenvalue weighted by atomic mass is 32.2. The molecule has 0 saturated carbocycles. The first-order valence-corrected chi connectivity index (χ1v) is 5.74. The van der Waals surface area contributed by atoms with Crippen molar-refractivity contribution >= 4 is 23.5 Å². The van der Waals surface area contributed by atoms with Gasteiger partial charge >= 0.3 is 5.97 Å². The van der Waals surface area contributed by atoms with Crippen LogP contribution in [0.25, 0.3) is 0 Å². The van der Waals surface area contributed by atoms with Gasteiger partial charge in [-0.2, -0.15) is 0 Å². The molecule has 92 valence electrons. The number of hydrogen-bond donors (Lipinski definition) is 3. The minimum absolute atomic E-state index is 0.121. The Morgan fingerprint density at radius 3 is 2.83 bits per heavy atom. The van der Waals surface area contributed by atoms with Crippen molar-refractivity contribution in [1.82, 2.24) is 9.97 Å². The van der Waals surface area contributed by atoms with Crippen LogP contribution in [0.3, 0.4) is 0 Å². The number of aromatic amines is 1. The van der Waals surface area contributed by atoms with E-state index in [2.05, 4.69) is 9.97 Å². The second-order valence-corrected chi connectivity index (χ2v) is 4.47. The maximum Gasteiger partial charge on any atom is 0.335 e. The summed E-state index contributed by atoms with van der Waals surface area (Å²) in [5, 5.41) is 9.18. The van der Waals surface area contributed by atoms with E-state index in [0.29, 0.717) is 10.1 Å². The molecule has 0 unspecified atom stereocenters. The zero-order valence-corrected chi connectivity index (χ0v) is 9.90. The summed E-state index contributed by atoms with van der Waals surface area (Å²) >= 11 is 1.14. The van der Waals surface area contributed by atoms with Gasteiger partial charge in [0.25, 0.3) is 5.56 Å². The van der Waals surface area contributed by atoms with E-state index in [1.54, 1.807) is 12.1 Å². The maximum atomic E-state index is 11.2. The van der Waals surface area contributed by atoms with Crippen LogP contribution in [0.15, 0.2) is 45.2 Å². The number of carboxylic acid groups (broad SMARTS) is 1. The summed E-state index contributed by atoms with van der Waals surface area (Å²) in [6.45, 7) is 0. The van der Waals surface area contributed by atoms with Crippen molar-refractivity contribution < 1.29 is 9.90 Å². The Kier molecular flexibility index (Phi) is 3.33. The van der Waals surface area contributed by atoms with E-state index >= 15 is 0 Å². The molecular formula is C11H9N3O3S. The first kappa shape index (κ1) is 12.2. The molecule has 2 aromatic rings. The summed E-state index contributed by atoms with van der Waals surface area (Å²) in [5.74, 6) is -0.887. The van der Waals surface area contributed by atoms with Gasteiger partial charge in [-0.25, -0.2) is 9.78 Å². The molecule has 0 aliphatic carbocycles. The number of rotatable bonds is 3. The fourth-order valence-corrected chi connectivity index (χ4v) is 2.16. The topological polar surface area (TPSA) is 109 Å². The molecule has 2 rings (SSSR count). The molecule has 0 spiro atoms. The van der Waals surface area contributed by atoms with Crippen LogP contribution in [0.4, 0.5) is 5.82 Å². The van der Waals surface area contributed by atoms with Crippen LogP contribution in [0.1, 0.15) is 10.4 Å². The van der Waals surface area contributed by atoms with Crippen LogP contribution in [0.2, 0.25) is 0 Å². The number of nitrogens with two attached hydrogens (primary N) is 1. The maximum absolute atomic E-state index is 11.2. The van der Waals surface area contributed by atoms with Crippen LogP contribution < -0.4 is 11.3 Å². The van der Waals surface area contributed by atoms with Crippen LogP contribution in [-0.4, -0.2) is 21.0 Å². The average Bonchev–Trinajstić information content (AvgIpc) is 2.27. The Labute approximate surface area is 106 Å². The zero-order chi connectivity index (χ0) is 13.1. The number of carbonyl (C=O) groups is 1. The van der Waals surface area contributed by atoms with Crippen molar-refractivity contribution in [2.24, 2.45) is 0 Å². The lowest BCUT2D eigenvalue weighted by Gasteiger charge is -2.02. The van der Waals surface area contributed by atoms with Gasteiger partial charge in [0.1, 0.15) is 5.82 Å². The summed E-state index contributed by atoms with van der Waals surface area (Å²) in [7, 11) is 0. The number of H-pyrrole nitrogens is 1. The standard InChI is InChI=1S/C11H9N3O3S/c12-8-5-9(15)14-11(13-8)18-7-3-1-2-6(4-7)10(16)17/h1-5H,(H,16,17)(H3,12,13,14,15). The largest absolute Gasteiger partial charge is 0.478 e. The molecule has 0 saturated heterocycles. The van der Waals surface area contributed by atoms with E-state index in [1.807, 2.05) is 0 Å². The Hall–Kier alpha value is -2.28. The molecule has 1 aromatic heterocycles. The fourth-order valence-electron chi connectivity index (χ4n) is 1.31. The number of carboxylic acids is 1. The Morgan fingerprint density at radius 2 is 2.17 bits per heavy atom. The number of nitrogens with zero attached hydrogens (tertiary/aromatic N) is 1. The smallest absolute Gasteiger partial charge is 0.335 e. The quantitative estimate of drug-likeness (QED) is 0.718. The van der Waals surface area contributed by atoms with Crippen LogP contribution >= 0.6 is 11.8 Å². The molecule has 0 atom stereocenters. The summed E-state index contributed by atoms with van der Waals surface area (Å²) < 4.78 is 0. The number of nitrogen functional groups attached to an aromatic ring is 1. The molecule has 0 fully saturated rings. The lowest BCUT2D eigenvalue weighted by atomic mass is 10.2. The van der Waals surface area contributed by atoms with E-state index in [1.165, 1.54) is 18.2 Å². The normalized spacial score (nSPS) is 10.2. The third kappa shape index (κ3) is 2.89. The molecule has 1 heterocycles. The lowest BCUT2D eigenvalue weighted by Crippen LogP contribution is -2.09. The van der Waals surface area contributed by atoms with Gasteiger partial charge in [-0.1, -0.05) is 17.8 Å². The molecule has 1 aromatic carbocycles. The van der Waals surface area contributed by atoms with Gasteiger partial charge < -0.3 is 15.8 Å². The number of aromatic nitrogens is 2. The number of benzene rings is 1. The number of anilines is 1. The molecule has 4 N–H and O–H groups in total. The van der Waals surface area contributed by atoms with Gasteiger partial charge in [0.2, 0.25) is 0 Å². The van der Waals surface area contributed by atoms with E-state index in [0.717, 1.165) is 11.8 Å². The van der Waals surface area contributed by atoms with Crippen LogP contribution in [0.5, 0.6) is 0 Å². The SMILES string of the molecule is Nc1cc(=O)[nH]c(Sc2cccc(C(=O)O)c2)n1. The molecule has 0 aliphatic heterocycles. The second kappa shape index (κ2) is 4.92. The van der Waals surface area contributed by atoms with Gasteiger partial charge in [-0.3, -0.25) is 4.79 Å². The third-order valence-corrected chi connectivity index (χ3v) is 2.91. The molecular weight excluding hydrogens is 254 g/mol. The summed E-state index contributed by atoms with van der Waals surface area (Å²) in [6.07, 6.45) is 0. The van der Waals surface area contributed by atoms with Crippen molar-refractivity contribution in [3.05, 3.63) is 46.2 Å². The monoisotopic (exact) mass is 263 g/mol. The first-order valence-electron chi connectivity index (χ1n) is 4.92. The average molecular weight is 263 g/mol. The van der Waals surface area contributed by atoms with E-state index in [4.69, 9.17) is 10.8 Å². The van der Waals surface area contributed by atoms with Crippen molar-refractivity contribution in [3.8, 4) is 0 Å². The summed E-state index contributed by atoms with van der Waals surface area (Å²) in [4.78, 5) is 29.1. The Morgan fingerprint density at radius 1 is 1.39 bits per heavy atom. The van der Waals surface area contributed by atoms with Gasteiger partial charge in [-0.15, -0.1) is 0 Å². The molecule has 18 heavy (non-hydrogen) atoms. The number of aromatic carboxylic acids is 1. The van der Waals surface area contributed by atoms with Gasteiger partial charge in [0.05, 0.1) is 5.56 Å². The van der Waals surface area contributed by atoms with Gasteiger partial charge in [-0.05, 0) is 18.2 Å². The number of nitrogens with one attached hydrogen (secondary N) is 1. The van der Waals surface area contributed by atoms with Crippen molar-refractivity contribution in [1.29, 1.82) is 0 Å². The molecule has 0 bridgehead atoms. The molecule has 7 heteroatoms.